The van der Waals surface area contributed by atoms with E-state index < -0.39 is 5.97 Å². The Morgan fingerprint density at radius 1 is 1.75 bits per heavy atom. The maximum Gasteiger partial charge on any atom is 0.330 e. The van der Waals surface area contributed by atoms with Gasteiger partial charge < -0.3 is 10.1 Å². The standard InChI is InChI=1S/C8H10N2O2/c1-6(8(11)12)2-3-7-9-4-5-10-7/h4-5H,1-3H2,(H,9,10)(H,11,12). The second-order valence-corrected chi connectivity index (χ2v) is 2.44. The van der Waals surface area contributed by atoms with Gasteiger partial charge in [-0.3, -0.25) is 0 Å². The first-order valence-corrected chi connectivity index (χ1v) is 3.59. The monoisotopic (exact) mass is 166 g/mol. The normalized spacial score (nSPS) is 9.67. The van der Waals surface area contributed by atoms with E-state index in [1.54, 1.807) is 12.4 Å². The summed E-state index contributed by atoms with van der Waals surface area (Å²) in [5, 5.41) is 8.48. The molecule has 0 aromatic carbocycles. The second kappa shape index (κ2) is 3.71. The van der Waals surface area contributed by atoms with Crippen LogP contribution in [-0.2, 0) is 11.2 Å². The molecule has 64 valence electrons. The summed E-state index contributed by atoms with van der Waals surface area (Å²) in [6, 6.07) is 0. The zero-order valence-electron chi connectivity index (χ0n) is 6.58. The summed E-state index contributed by atoms with van der Waals surface area (Å²) in [4.78, 5) is 17.2. The smallest absolute Gasteiger partial charge is 0.330 e. The number of carbonyl (C=O) groups is 1. The van der Waals surface area contributed by atoms with Gasteiger partial charge in [-0.2, -0.15) is 0 Å². The van der Waals surface area contributed by atoms with E-state index in [1.807, 2.05) is 0 Å². The van der Waals surface area contributed by atoms with Crippen LogP contribution in [0.4, 0.5) is 0 Å². The highest BCUT2D eigenvalue weighted by Gasteiger charge is 2.04. The van der Waals surface area contributed by atoms with Gasteiger partial charge in [-0.1, -0.05) is 6.58 Å². The average molecular weight is 166 g/mol. The molecule has 2 N–H and O–H groups in total. The highest BCUT2D eigenvalue weighted by molar-refractivity contribution is 5.85. The van der Waals surface area contributed by atoms with Crippen LogP contribution in [0.15, 0.2) is 24.5 Å². The van der Waals surface area contributed by atoms with Crippen LogP contribution < -0.4 is 0 Å². The quantitative estimate of drug-likeness (QED) is 0.655. The molecular weight excluding hydrogens is 156 g/mol. The molecule has 0 aliphatic rings. The Morgan fingerprint density at radius 3 is 3.00 bits per heavy atom. The Kier molecular flexibility index (Phi) is 2.63. The van der Waals surface area contributed by atoms with Crippen molar-refractivity contribution in [2.45, 2.75) is 12.8 Å². The Morgan fingerprint density at radius 2 is 2.50 bits per heavy atom. The van der Waals surface area contributed by atoms with Gasteiger partial charge in [0.15, 0.2) is 0 Å². The summed E-state index contributed by atoms with van der Waals surface area (Å²) in [5.74, 6) is -0.154. The van der Waals surface area contributed by atoms with Crippen molar-refractivity contribution in [1.82, 2.24) is 9.97 Å². The minimum absolute atomic E-state index is 0.214. The molecule has 0 saturated carbocycles. The number of carboxylic acids is 1. The Balaban J connectivity index is 2.37. The largest absolute Gasteiger partial charge is 0.478 e. The van der Waals surface area contributed by atoms with Crippen molar-refractivity contribution < 1.29 is 9.90 Å². The number of carboxylic acid groups (broad SMARTS) is 1. The highest BCUT2D eigenvalue weighted by atomic mass is 16.4. The maximum absolute atomic E-state index is 10.3. The molecule has 0 bridgehead atoms. The van der Waals surface area contributed by atoms with Gasteiger partial charge in [0, 0.05) is 24.4 Å². The number of aryl methyl sites for hydroxylation is 1. The molecule has 0 aliphatic carbocycles. The van der Waals surface area contributed by atoms with Crippen LogP contribution >= 0.6 is 0 Å². The molecular formula is C8H10N2O2. The zero-order valence-corrected chi connectivity index (χ0v) is 6.58. The zero-order chi connectivity index (χ0) is 8.97. The SMILES string of the molecule is C=C(CCc1ncc[nH]1)C(=O)O. The van der Waals surface area contributed by atoms with Crippen LogP contribution in [-0.4, -0.2) is 21.0 Å². The lowest BCUT2D eigenvalue weighted by molar-refractivity contribution is -0.132. The lowest BCUT2D eigenvalue weighted by Gasteiger charge is -1.96. The molecule has 1 heterocycles. The number of aromatic amines is 1. The fourth-order valence-corrected chi connectivity index (χ4v) is 0.811. The third kappa shape index (κ3) is 2.23. The van der Waals surface area contributed by atoms with Crippen molar-refractivity contribution >= 4 is 5.97 Å². The first kappa shape index (κ1) is 8.52. The molecule has 4 nitrogen and oxygen atoms in total. The van der Waals surface area contributed by atoms with Crippen LogP contribution in [0.1, 0.15) is 12.2 Å². The lowest BCUT2D eigenvalue weighted by atomic mass is 10.1. The first-order chi connectivity index (χ1) is 5.70. The number of nitrogens with one attached hydrogen (secondary N) is 1. The van der Waals surface area contributed by atoms with Crippen molar-refractivity contribution in [3.05, 3.63) is 30.4 Å². The number of H-pyrrole nitrogens is 1. The van der Waals surface area contributed by atoms with E-state index in [9.17, 15) is 4.79 Å². The molecule has 0 atom stereocenters. The predicted octanol–water partition coefficient (Wildman–Crippen LogP) is 0.983. The summed E-state index contributed by atoms with van der Waals surface area (Å²) in [6.07, 6.45) is 4.37. The molecule has 1 rings (SSSR count). The fraction of sp³-hybridized carbons (Fsp3) is 0.250. The molecule has 0 fully saturated rings. The van der Waals surface area contributed by atoms with Crippen LogP contribution in [0.3, 0.4) is 0 Å². The van der Waals surface area contributed by atoms with Crippen LogP contribution in [0.25, 0.3) is 0 Å². The van der Waals surface area contributed by atoms with Crippen molar-refractivity contribution in [1.29, 1.82) is 0 Å². The van der Waals surface area contributed by atoms with Gasteiger partial charge in [0.1, 0.15) is 5.82 Å². The van der Waals surface area contributed by atoms with Crippen LogP contribution in [0.2, 0.25) is 0 Å². The number of imidazole rings is 1. The van der Waals surface area contributed by atoms with Crippen molar-refractivity contribution in [3.63, 3.8) is 0 Å². The number of nitrogens with zero attached hydrogens (tertiary/aromatic N) is 1. The molecule has 0 radical (unpaired) electrons. The third-order valence-electron chi connectivity index (χ3n) is 1.52. The summed E-state index contributed by atoms with van der Waals surface area (Å²) in [5.41, 5.74) is 0.214. The molecule has 0 amide bonds. The number of aliphatic carboxylic acids is 1. The topological polar surface area (TPSA) is 66.0 Å². The van der Waals surface area contributed by atoms with Gasteiger partial charge in [-0.05, 0) is 6.42 Å². The van der Waals surface area contributed by atoms with Gasteiger partial charge in [-0.15, -0.1) is 0 Å². The molecule has 1 aromatic heterocycles. The van der Waals surface area contributed by atoms with E-state index in [0.717, 1.165) is 5.82 Å². The Labute approximate surface area is 70.0 Å². The van der Waals surface area contributed by atoms with E-state index in [-0.39, 0.29) is 5.57 Å². The van der Waals surface area contributed by atoms with Crippen molar-refractivity contribution in [3.8, 4) is 0 Å². The predicted molar refractivity (Wildman–Crippen MR) is 43.7 cm³/mol. The van der Waals surface area contributed by atoms with E-state index in [1.165, 1.54) is 0 Å². The second-order valence-electron chi connectivity index (χ2n) is 2.44. The minimum Gasteiger partial charge on any atom is -0.478 e. The van der Waals surface area contributed by atoms with Gasteiger partial charge in [0.05, 0.1) is 0 Å². The molecule has 1 aromatic rings. The summed E-state index contributed by atoms with van der Waals surface area (Å²) < 4.78 is 0. The number of hydrogen-bond donors (Lipinski definition) is 2. The van der Waals surface area contributed by atoms with Gasteiger partial charge >= 0.3 is 5.97 Å². The minimum atomic E-state index is -0.943. The van der Waals surface area contributed by atoms with Crippen LogP contribution in [0.5, 0.6) is 0 Å². The summed E-state index contributed by atoms with van der Waals surface area (Å²) >= 11 is 0. The van der Waals surface area contributed by atoms with Crippen LogP contribution in [0, 0.1) is 0 Å². The van der Waals surface area contributed by atoms with E-state index in [0.29, 0.717) is 12.8 Å². The molecule has 0 saturated heterocycles. The summed E-state index contributed by atoms with van der Waals surface area (Å²) in [6.45, 7) is 3.41. The third-order valence-corrected chi connectivity index (χ3v) is 1.52. The van der Waals surface area contributed by atoms with Gasteiger partial charge in [0.25, 0.3) is 0 Å². The van der Waals surface area contributed by atoms with E-state index in [2.05, 4.69) is 16.5 Å². The molecule has 12 heavy (non-hydrogen) atoms. The Bertz CT molecular complexity index is 277. The number of aromatic nitrogens is 2. The van der Waals surface area contributed by atoms with Crippen molar-refractivity contribution in [2.24, 2.45) is 0 Å². The molecule has 0 aliphatic heterocycles. The summed E-state index contributed by atoms with van der Waals surface area (Å²) in [7, 11) is 0. The van der Waals surface area contributed by atoms with Gasteiger partial charge in [0.2, 0.25) is 0 Å². The molecule has 4 heteroatoms. The highest BCUT2D eigenvalue weighted by Crippen LogP contribution is 2.03. The van der Waals surface area contributed by atoms with Gasteiger partial charge in [-0.25, -0.2) is 9.78 Å². The van der Waals surface area contributed by atoms with E-state index in [4.69, 9.17) is 5.11 Å². The molecule has 0 unspecified atom stereocenters. The Hall–Kier alpha value is -1.58. The average Bonchev–Trinajstić information content (AvgIpc) is 2.51. The maximum atomic E-state index is 10.3. The lowest BCUT2D eigenvalue weighted by Crippen LogP contribution is -2.00. The fourth-order valence-electron chi connectivity index (χ4n) is 0.811. The van der Waals surface area contributed by atoms with E-state index >= 15 is 0 Å². The number of hydrogen-bond acceptors (Lipinski definition) is 2. The molecule has 0 spiro atoms. The number of rotatable bonds is 4. The van der Waals surface area contributed by atoms with Crippen molar-refractivity contribution in [2.75, 3.05) is 0 Å². The first-order valence-electron chi connectivity index (χ1n) is 3.59.